The topological polar surface area (TPSA) is 54.3 Å². The number of hydrogen-bond donors (Lipinski definition) is 2. The molecule has 1 aromatic carbocycles. The largest absolute Gasteiger partial charge is 0.464 e. The first-order chi connectivity index (χ1) is 9.47. The van der Waals surface area contributed by atoms with E-state index in [1.807, 2.05) is 58.0 Å². The second-order valence-corrected chi connectivity index (χ2v) is 5.02. The molecule has 1 unspecified atom stereocenters. The predicted molar refractivity (Wildman–Crippen MR) is 79.9 cm³/mol. The molecule has 2 amide bonds. The number of hydrogen-bond acceptors (Lipinski definition) is 2. The molecule has 1 aromatic heterocycles. The Kier molecular flexibility index (Phi) is 4.13. The number of benzene rings is 1. The number of carbonyl (C=O) groups excluding carboxylic acids is 1. The van der Waals surface area contributed by atoms with Crippen LogP contribution in [0.3, 0.4) is 0 Å². The fourth-order valence-corrected chi connectivity index (χ4v) is 2.00. The predicted octanol–water partition coefficient (Wildman–Crippen LogP) is 4.09. The van der Waals surface area contributed by atoms with Crippen molar-refractivity contribution in [3.05, 3.63) is 53.0 Å². The molecule has 2 aromatic rings. The summed E-state index contributed by atoms with van der Waals surface area (Å²) < 4.78 is 5.50. The van der Waals surface area contributed by atoms with Gasteiger partial charge in [0, 0.05) is 5.69 Å². The van der Waals surface area contributed by atoms with Crippen molar-refractivity contribution in [2.75, 3.05) is 5.32 Å². The number of nitrogens with one attached hydrogen (secondary N) is 2. The van der Waals surface area contributed by atoms with Crippen molar-refractivity contribution in [1.29, 1.82) is 0 Å². The van der Waals surface area contributed by atoms with Gasteiger partial charge in [-0.3, -0.25) is 0 Å². The number of aryl methyl sites for hydroxylation is 2. The van der Waals surface area contributed by atoms with Gasteiger partial charge >= 0.3 is 6.03 Å². The summed E-state index contributed by atoms with van der Waals surface area (Å²) in [7, 11) is 0. The number of carbonyl (C=O) groups is 1. The molecule has 0 spiro atoms. The smallest absolute Gasteiger partial charge is 0.319 e. The zero-order valence-electron chi connectivity index (χ0n) is 12.3. The van der Waals surface area contributed by atoms with Gasteiger partial charge in [0.2, 0.25) is 0 Å². The standard InChI is InChI=1S/C16H20N2O2/c1-10-6-5-7-14(12(10)3)18-16(19)17-13(4)15-9-8-11(2)20-15/h5-9,13H,1-4H3,(H2,17,18,19). The lowest BCUT2D eigenvalue weighted by Gasteiger charge is -2.14. The molecule has 0 aliphatic rings. The van der Waals surface area contributed by atoms with E-state index in [1.165, 1.54) is 0 Å². The summed E-state index contributed by atoms with van der Waals surface area (Å²) in [6.45, 7) is 7.78. The van der Waals surface area contributed by atoms with Gasteiger partial charge in [-0.2, -0.15) is 0 Å². The SMILES string of the molecule is Cc1ccc(C(C)NC(=O)Nc2cccc(C)c2C)o1. The van der Waals surface area contributed by atoms with Gasteiger partial charge < -0.3 is 15.1 Å². The third-order valence-corrected chi connectivity index (χ3v) is 3.39. The summed E-state index contributed by atoms with van der Waals surface area (Å²) in [6, 6.07) is 9.19. The van der Waals surface area contributed by atoms with Gasteiger partial charge in [0.25, 0.3) is 0 Å². The van der Waals surface area contributed by atoms with Crippen LogP contribution in [0.4, 0.5) is 10.5 Å². The zero-order chi connectivity index (χ0) is 14.7. The molecule has 0 radical (unpaired) electrons. The molecular weight excluding hydrogens is 252 g/mol. The minimum Gasteiger partial charge on any atom is -0.464 e. The molecule has 1 atom stereocenters. The first-order valence-electron chi connectivity index (χ1n) is 6.67. The van der Waals surface area contributed by atoms with Crippen LogP contribution in [-0.4, -0.2) is 6.03 Å². The molecule has 0 fully saturated rings. The van der Waals surface area contributed by atoms with Gasteiger partial charge in [-0.15, -0.1) is 0 Å². The lowest BCUT2D eigenvalue weighted by atomic mass is 10.1. The molecule has 0 aliphatic heterocycles. The summed E-state index contributed by atoms with van der Waals surface area (Å²) in [4.78, 5) is 12.0. The van der Waals surface area contributed by atoms with E-state index in [0.29, 0.717) is 0 Å². The van der Waals surface area contributed by atoms with Crippen LogP contribution in [0.25, 0.3) is 0 Å². The van der Waals surface area contributed by atoms with E-state index in [-0.39, 0.29) is 12.1 Å². The fourth-order valence-electron chi connectivity index (χ4n) is 2.00. The Labute approximate surface area is 119 Å². The quantitative estimate of drug-likeness (QED) is 0.884. The summed E-state index contributed by atoms with van der Waals surface area (Å²) >= 11 is 0. The molecule has 106 valence electrons. The highest BCUT2D eigenvalue weighted by molar-refractivity contribution is 5.90. The highest BCUT2D eigenvalue weighted by atomic mass is 16.3. The normalized spacial score (nSPS) is 12.0. The molecule has 0 saturated carbocycles. The Balaban J connectivity index is 2.00. The molecule has 0 aliphatic carbocycles. The Hall–Kier alpha value is -2.23. The lowest BCUT2D eigenvalue weighted by molar-refractivity contribution is 0.247. The minimum absolute atomic E-state index is 0.172. The van der Waals surface area contributed by atoms with E-state index in [9.17, 15) is 4.79 Å². The van der Waals surface area contributed by atoms with Crippen molar-refractivity contribution < 1.29 is 9.21 Å². The Bertz CT molecular complexity index is 617. The van der Waals surface area contributed by atoms with Crippen LogP contribution in [0.1, 0.15) is 35.6 Å². The molecule has 2 rings (SSSR count). The second-order valence-electron chi connectivity index (χ2n) is 5.02. The van der Waals surface area contributed by atoms with Crippen molar-refractivity contribution in [3.63, 3.8) is 0 Å². The number of rotatable bonds is 3. The van der Waals surface area contributed by atoms with E-state index in [1.54, 1.807) is 0 Å². The van der Waals surface area contributed by atoms with Gasteiger partial charge in [-0.05, 0) is 57.0 Å². The Morgan fingerprint density at radius 2 is 1.90 bits per heavy atom. The molecule has 1 heterocycles. The van der Waals surface area contributed by atoms with Gasteiger partial charge in [0.1, 0.15) is 11.5 Å². The summed E-state index contributed by atoms with van der Waals surface area (Å²) in [5.41, 5.74) is 3.05. The molecule has 4 heteroatoms. The zero-order valence-corrected chi connectivity index (χ0v) is 12.3. The molecule has 2 N–H and O–H groups in total. The van der Waals surface area contributed by atoms with Crippen molar-refractivity contribution in [2.24, 2.45) is 0 Å². The maximum atomic E-state index is 12.0. The van der Waals surface area contributed by atoms with Crippen molar-refractivity contribution in [2.45, 2.75) is 33.7 Å². The highest BCUT2D eigenvalue weighted by Crippen LogP contribution is 2.19. The molecule has 0 saturated heterocycles. The molecule has 20 heavy (non-hydrogen) atoms. The second kappa shape index (κ2) is 5.82. The first kappa shape index (κ1) is 14.2. The number of anilines is 1. The third-order valence-electron chi connectivity index (χ3n) is 3.39. The van der Waals surface area contributed by atoms with E-state index < -0.39 is 0 Å². The average molecular weight is 272 g/mol. The Morgan fingerprint density at radius 3 is 2.55 bits per heavy atom. The minimum atomic E-state index is -0.236. The van der Waals surface area contributed by atoms with Crippen molar-refractivity contribution >= 4 is 11.7 Å². The Morgan fingerprint density at radius 1 is 1.15 bits per heavy atom. The molecular formula is C16H20N2O2. The van der Waals surface area contributed by atoms with Crippen molar-refractivity contribution in [3.8, 4) is 0 Å². The van der Waals surface area contributed by atoms with E-state index in [2.05, 4.69) is 10.6 Å². The van der Waals surface area contributed by atoms with Crippen LogP contribution in [0.2, 0.25) is 0 Å². The maximum Gasteiger partial charge on any atom is 0.319 e. The van der Waals surface area contributed by atoms with Crippen LogP contribution < -0.4 is 10.6 Å². The van der Waals surface area contributed by atoms with Crippen LogP contribution in [0, 0.1) is 20.8 Å². The van der Waals surface area contributed by atoms with Gasteiger partial charge in [-0.1, -0.05) is 12.1 Å². The van der Waals surface area contributed by atoms with Gasteiger partial charge in [0.05, 0.1) is 6.04 Å². The fraction of sp³-hybridized carbons (Fsp3) is 0.312. The van der Waals surface area contributed by atoms with E-state index in [4.69, 9.17) is 4.42 Å². The number of urea groups is 1. The summed E-state index contributed by atoms with van der Waals surface area (Å²) in [5.74, 6) is 1.59. The molecule has 4 nitrogen and oxygen atoms in total. The number of amides is 2. The van der Waals surface area contributed by atoms with E-state index in [0.717, 1.165) is 28.3 Å². The first-order valence-corrected chi connectivity index (χ1v) is 6.67. The van der Waals surface area contributed by atoms with Gasteiger partial charge in [-0.25, -0.2) is 4.79 Å². The highest BCUT2D eigenvalue weighted by Gasteiger charge is 2.13. The van der Waals surface area contributed by atoms with E-state index >= 15 is 0 Å². The van der Waals surface area contributed by atoms with Gasteiger partial charge in [0.15, 0.2) is 0 Å². The summed E-state index contributed by atoms with van der Waals surface area (Å²) in [6.07, 6.45) is 0. The average Bonchev–Trinajstić information content (AvgIpc) is 2.82. The van der Waals surface area contributed by atoms with Crippen LogP contribution in [-0.2, 0) is 0 Å². The monoisotopic (exact) mass is 272 g/mol. The van der Waals surface area contributed by atoms with Crippen LogP contribution in [0.5, 0.6) is 0 Å². The molecule has 0 bridgehead atoms. The lowest BCUT2D eigenvalue weighted by Crippen LogP contribution is -2.31. The third kappa shape index (κ3) is 3.20. The van der Waals surface area contributed by atoms with Crippen LogP contribution >= 0.6 is 0 Å². The van der Waals surface area contributed by atoms with Crippen LogP contribution in [0.15, 0.2) is 34.7 Å². The number of furan rings is 1. The summed E-state index contributed by atoms with van der Waals surface area (Å²) in [5, 5.41) is 5.73. The van der Waals surface area contributed by atoms with Crippen molar-refractivity contribution in [1.82, 2.24) is 5.32 Å². The maximum absolute atomic E-state index is 12.0.